The molecule has 1 aromatic carbocycles. The maximum absolute atomic E-state index is 12.4. The smallest absolute Gasteiger partial charge is 0.317 e. The fraction of sp³-hybridized carbons (Fsp3) is 0.368. The minimum Gasteiger partial charge on any atom is -0.508 e. The Morgan fingerprint density at radius 1 is 1.28 bits per heavy atom. The van der Waals surface area contributed by atoms with Gasteiger partial charge in [0.1, 0.15) is 11.6 Å². The normalized spacial score (nSPS) is 15.0. The van der Waals surface area contributed by atoms with Crippen LogP contribution in [0.2, 0.25) is 0 Å². The Kier molecular flexibility index (Phi) is 5.38. The quantitative estimate of drug-likeness (QED) is 0.898. The number of aromatic hydroxyl groups is 1. The van der Waals surface area contributed by atoms with Gasteiger partial charge in [-0.1, -0.05) is 18.2 Å². The van der Waals surface area contributed by atoms with Crippen molar-refractivity contribution in [3.05, 3.63) is 54.2 Å². The number of hydrogen-bond acceptors (Lipinski definition) is 4. The molecule has 0 atom stereocenters. The lowest BCUT2D eigenvalue weighted by Gasteiger charge is -2.37. The van der Waals surface area contributed by atoms with E-state index in [-0.39, 0.29) is 17.8 Å². The summed E-state index contributed by atoms with van der Waals surface area (Å²) in [6.45, 7) is 2.20. The van der Waals surface area contributed by atoms with E-state index in [0.717, 1.165) is 37.3 Å². The Hall–Kier alpha value is -2.76. The van der Waals surface area contributed by atoms with Gasteiger partial charge in [-0.25, -0.2) is 9.78 Å². The third-order valence-corrected chi connectivity index (χ3v) is 4.66. The number of benzene rings is 1. The van der Waals surface area contributed by atoms with E-state index in [9.17, 15) is 9.90 Å². The molecule has 2 amide bonds. The van der Waals surface area contributed by atoms with Crippen LogP contribution in [0.3, 0.4) is 0 Å². The summed E-state index contributed by atoms with van der Waals surface area (Å²) in [5, 5.41) is 12.4. The van der Waals surface area contributed by atoms with Crippen molar-refractivity contribution in [1.29, 1.82) is 0 Å². The van der Waals surface area contributed by atoms with Gasteiger partial charge in [-0.05, 0) is 42.7 Å². The SMILES string of the molecule is CN(C(=O)NCc1cccc(O)c1)C1CCN(c2ccccn2)CC1. The molecule has 132 valence electrons. The van der Waals surface area contributed by atoms with Gasteiger partial charge in [0, 0.05) is 38.9 Å². The van der Waals surface area contributed by atoms with Crippen LogP contribution in [0.1, 0.15) is 18.4 Å². The van der Waals surface area contributed by atoms with Crippen LogP contribution < -0.4 is 10.2 Å². The van der Waals surface area contributed by atoms with E-state index in [1.807, 2.05) is 37.5 Å². The van der Waals surface area contributed by atoms with Crippen molar-refractivity contribution in [2.75, 3.05) is 25.0 Å². The molecule has 0 unspecified atom stereocenters. The molecule has 1 aromatic heterocycles. The maximum atomic E-state index is 12.4. The highest BCUT2D eigenvalue weighted by Crippen LogP contribution is 2.20. The first-order valence-corrected chi connectivity index (χ1v) is 8.58. The van der Waals surface area contributed by atoms with Crippen LogP contribution in [0.25, 0.3) is 0 Å². The number of piperidine rings is 1. The maximum Gasteiger partial charge on any atom is 0.317 e. The number of pyridine rings is 1. The molecule has 0 spiro atoms. The van der Waals surface area contributed by atoms with Crippen molar-refractivity contribution in [2.24, 2.45) is 0 Å². The molecule has 0 aliphatic carbocycles. The molecule has 1 aliphatic rings. The van der Waals surface area contributed by atoms with Gasteiger partial charge in [0.05, 0.1) is 0 Å². The number of carbonyl (C=O) groups excluding carboxylic acids is 1. The fourth-order valence-electron chi connectivity index (χ4n) is 3.16. The topological polar surface area (TPSA) is 68.7 Å². The first-order valence-electron chi connectivity index (χ1n) is 8.58. The number of aromatic nitrogens is 1. The van der Waals surface area contributed by atoms with E-state index in [1.165, 1.54) is 0 Å². The van der Waals surface area contributed by atoms with Crippen LogP contribution in [0.5, 0.6) is 5.75 Å². The van der Waals surface area contributed by atoms with Crippen molar-refractivity contribution >= 4 is 11.8 Å². The summed E-state index contributed by atoms with van der Waals surface area (Å²) >= 11 is 0. The second-order valence-electron chi connectivity index (χ2n) is 6.35. The number of rotatable bonds is 4. The van der Waals surface area contributed by atoms with Crippen LogP contribution in [0.15, 0.2) is 48.7 Å². The molecule has 6 heteroatoms. The first kappa shape index (κ1) is 17.1. The van der Waals surface area contributed by atoms with Gasteiger partial charge >= 0.3 is 6.03 Å². The Balaban J connectivity index is 1.48. The van der Waals surface area contributed by atoms with Gasteiger partial charge in [0.25, 0.3) is 0 Å². The van der Waals surface area contributed by atoms with Gasteiger partial charge in [-0.15, -0.1) is 0 Å². The highest BCUT2D eigenvalue weighted by molar-refractivity contribution is 5.74. The van der Waals surface area contributed by atoms with Gasteiger partial charge in [-0.3, -0.25) is 0 Å². The molecule has 0 radical (unpaired) electrons. The van der Waals surface area contributed by atoms with E-state index < -0.39 is 0 Å². The van der Waals surface area contributed by atoms with Crippen LogP contribution in [-0.4, -0.2) is 47.2 Å². The highest BCUT2D eigenvalue weighted by Gasteiger charge is 2.25. The zero-order chi connectivity index (χ0) is 17.6. The number of urea groups is 1. The summed E-state index contributed by atoms with van der Waals surface area (Å²) < 4.78 is 0. The van der Waals surface area contributed by atoms with Gasteiger partial charge in [-0.2, -0.15) is 0 Å². The number of nitrogens with zero attached hydrogens (tertiary/aromatic N) is 3. The molecule has 0 bridgehead atoms. The molecule has 1 aliphatic heterocycles. The Morgan fingerprint density at radius 3 is 2.76 bits per heavy atom. The highest BCUT2D eigenvalue weighted by atomic mass is 16.3. The Bertz CT molecular complexity index is 700. The zero-order valence-electron chi connectivity index (χ0n) is 14.4. The molecule has 2 N–H and O–H groups in total. The van der Waals surface area contributed by atoms with Crippen molar-refractivity contribution in [3.8, 4) is 5.75 Å². The predicted molar refractivity (Wildman–Crippen MR) is 97.6 cm³/mol. The fourth-order valence-corrected chi connectivity index (χ4v) is 3.16. The van der Waals surface area contributed by atoms with Crippen molar-refractivity contribution < 1.29 is 9.90 Å². The number of carbonyl (C=O) groups is 1. The molecule has 1 fully saturated rings. The Labute approximate surface area is 148 Å². The summed E-state index contributed by atoms with van der Waals surface area (Å²) in [5.74, 6) is 1.21. The van der Waals surface area contributed by atoms with Crippen LogP contribution >= 0.6 is 0 Å². The van der Waals surface area contributed by atoms with Crippen LogP contribution in [-0.2, 0) is 6.54 Å². The van der Waals surface area contributed by atoms with Crippen molar-refractivity contribution in [3.63, 3.8) is 0 Å². The minimum atomic E-state index is -0.0837. The predicted octanol–water partition coefficient (Wildman–Crippen LogP) is 2.60. The van der Waals surface area contributed by atoms with Crippen molar-refractivity contribution in [1.82, 2.24) is 15.2 Å². The number of phenolic OH excluding ortho intramolecular Hbond substituents is 1. The molecule has 2 aromatic rings. The van der Waals surface area contributed by atoms with E-state index >= 15 is 0 Å². The van der Waals surface area contributed by atoms with E-state index in [2.05, 4.69) is 15.2 Å². The van der Waals surface area contributed by atoms with Crippen LogP contribution in [0, 0.1) is 0 Å². The summed E-state index contributed by atoms with van der Waals surface area (Å²) in [5.41, 5.74) is 0.881. The van der Waals surface area contributed by atoms with Gasteiger partial charge in [0.2, 0.25) is 0 Å². The van der Waals surface area contributed by atoms with Gasteiger partial charge in [0.15, 0.2) is 0 Å². The van der Waals surface area contributed by atoms with Crippen LogP contribution in [0.4, 0.5) is 10.6 Å². The number of hydrogen-bond donors (Lipinski definition) is 2. The molecule has 0 saturated carbocycles. The Morgan fingerprint density at radius 2 is 2.08 bits per heavy atom. The van der Waals surface area contributed by atoms with E-state index in [0.29, 0.717) is 6.54 Å². The summed E-state index contributed by atoms with van der Waals surface area (Å²) in [4.78, 5) is 20.8. The third kappa shape index (κ3) is 4.41. The summed E-state index contributed by atoms with van der Waals surface area (Å²) in [6, 6.07) is 13.0. The second-order valence-corrected chi connectivity index (χ2v) is 6.35. The standard InChI is InChI=1S/C19H24N4O2/c1-22(19(25)21-14-15-5-4-6-17(24)13-15)16-8-11-23(12-9-16)18-7-2-3-10-20-18/h2-7,10,13,16,24H,8-9,11-12,14H2,1H3,(H,21,25). The lowest BCUT2D eigenvalue weighted by molar-refractivity contribution is 0.179. The van der Waals surface area contributed by atoms with Crippen molar-refractivity contribution in [2.45, 2.75) is 25.4 Å². The number of amides is 2. The third-order valence-electron chi connectivity index (χ3n) is 4.66. The van der Waals surface area contributed by atoms with Gasteiger partial charge < -0.3 is 20.2 Å². The number of phenols is 1. The lowest BCUT2D eigenvalue weighted by Crippen LogP contribution is -2.48. The molecule has 25 heavy (non-hydrogen) atoms. The number of anilines is 1. The zero-order valence-corrected chi connectivity index (χ0v) is 14.4. The first-order chi connectivity index (χ1) is 12.1. The summed E-state index contributed by atoms with van der Waals surface area (Å²) in [6.07, 6.45) is 3.65. The molecule has 1 saturated heterocycles. The molecular weight excluding hydrogens is 316 g/mol. The average Bonchev–Trinajstić information content (AvgIpc) is 2.66. The molecule has 2 heterocycles. The second kappa shape index (κ2) is 7.88. The largest absolute Gasteiger partial charge is 0.508 e. The minimum absolute atomic E-state index is 0.0837. The summed E-state index contributed by atoms with van der Waals surface area (Å²) in [7, 11) is 1.85. The molecule has 3 rings (SSSR count). The molecule has 6 nitrogen and oxygen atoms in total. The number of nitrogens with one attached hydrogen (secondary N) is 1. The monoisotopic (exact) mass is 340 g/mol. The van der Waals surface area contributed by atoms with E-state index in [1.54, 1.807) is 23.1 Å². The lowest BCUT2D eigenvalue weighted by atomic mass is 10.0. The average molecular weight is 340 g/mol. The molecular formula is C19H24N4O2. The van der Waals surface area contributed by atoms with E-state index in [4.69, 9.17) is 0 Å².